The number of aliphatic hydroxyl groups is 1. The molecule has 5 rings (SSSR count). The van der Waals surface area contributed by atoms with E-state index >= 15 is 0 Å². The average Bonchev–Trinajstić information content (AvgIpc) is 3.21. The van der Waals surface area contributed by atoms with Crippen molar-refractivity contribution in [2.45, 2.75) is 95.0 Å². The van der Waals surface area contributed by atoms with Crippen molar-refractivity contribution in [3.63, 3.8) is 0 Å². The van der Waals surface area contributed by atoms with E-state index in [9.17, 15) is 19.5 Å². The lowest BCUT2D eigenvalue weighted by molar-refractivity contribution is -0.159. The molecule has 1 saturated carbocycles. The number of likely N-dealkylation sites (N-methyl/N-ethyl adjacent to an activating group) is 1. The number of nitrogens with zero attached hydrogens (tertiary/aromatic N) is 3. The molecule has 0 aromatic heterocycles. The van der Waals surface area contributed by atoms with Gasteiger partial charge in [-0.15, -0.1) is 0 Å². The smallest absolute Gasteiger partial charge is 0.249 e. The number of amides is 3. The quantitative estimate of drug-likeness (QED) is 0.552. The first-order valence-corrected chi connectivity index (χ1v) is 14.3. The molecule has 0 bridgehead atoms. The molecule has 1 aliphatic carbocycles. The maximum absolute atomic E-state index is 14.6. The molecule has 8 heteroatoms. The van der Waals surface area contributed by atoms with Gasteiger partial charge in [0.1, 0.15) is 11.6 Å². The van der Waals surface area contributed by atoms with Gasteiger partial charge in [0.05, 0.1) is 30.1 Å². The fourth-order valence-corrected chi connectivity index (χ4v) is 7.73. The van der Waals surface area contributed by atoms with Crippen LogP contribution < -0.4 is 0 Å². The SMILES string of the molecule is CC[C@H](C)[C@H](CO)N1C(=O)[C@@H]2[C@@H]3C(=O)N(C)CC=C[C@]3(CC)O[C@@]23C=CCN(C2CCCCC2)C(=O)C13. The second-order valence-electron chi connectivity index (χ2n) is 11.8. The Bertz CT molecular complexity index is 990. The summed E-state index contributed by atoms with van der Waals surface area (Å²) in [6.07, 6.45) is 14.4. The first kappa shape index (κ1) is 26.4. The number of ether oxygens (including phenoxy) is 1. The van der Waals surface area contributed by atoms with Gasteiger partial charge in [-0.1, -0.05) is 70.8 Å². The largest absolute Gasteiger partial charge is 0.394 e. The number of hydrogen-bond acceptors (Lipinski definition) is 5. The summed E-state index contributed by atoms with van der Waals surface area (Å²) < 4.78 is 7.00. The van der Waals surface area contributed by atoms with Crippen LogP contribution >= 0.6 is 0 Å². The van der Waals surface area contributed by atoms with E-state index in [0.717, 1.165) is 32.1 Å². The minimum atomic E-state index is -1.25. The van der Waals surface area contributed by atoms with E-state index in [1.54, 1.807) is 16.8 Å². The highest BCUT2D eigenvalue weighted by Crippen LogP contribution is 2.59. The standard InChI is InChI=1S/C29H43N3O5/c1-5-19(3)21(18-33)32-24-27(36)31(20-12-8-7-9-13-20)17-11-15-29(24)23(26(32)35)22-25(34)30(4)16-10-14-28(22,6-2)37-29/h10-11,14-15,19-24,33H,5-9,12-13,16-18H2,1-4H3/t19-,21-,22+,23-,24?,28-,29-/m0/s1. The van der Waals surface area contributed by atoms with Crippen molar-refractivity contribution in [3.8, 4) is 0 Å². The summed E-state index contributed by atoms with van der Waals surface area (Å²) in [5, 5.41) is 10.5. The average molecular weight is 514 g/mol. The lowest BCUT2D eigenvalue weighted by atomic mass is 9.73. The molecule has 2 saturated heterocycles. The van der Waals surface area contributed by atoms with Gasteiger partial charge in [0, 0.05) is 26.2 Å². The third kappa shape index (κ3) is 3.81. The molecule has 1 spiro atoms. The van der Waals surface area contributed by atoms with Crippen LogP contribution in [0.2, 0.25) is 0 Å². The number of hydrogen-bond donors (Lipinski definition) is 1. The Kier molecular flexibility index (Phi) is 7.03. The third-order valence-corrected chi connectivity index (χ3v) is 9.97. The predicted molar refractivity (Wildman–Crippen MR) is 139 cm³/mol. The molecule has 4 heterocycles. The molecule has 0 radical (unpaired) electrons. The Morgan fingerprint density at radius 3 is 2.35 bits per heavy atom. The lowest BCUT2D eigenvalue weighted by Gasteiger charge is -2.43. The Morgan fingerprint density at radius 2 is 1.70 bits per heavy atom. The molecule has 3 amide bonds. The fourth-order valence-electron chi connectivity index (χ4n) is 7.73. The molecule has 8 nitrogen and oxygen atoms in total. The van der Waals surface area contributed by atoms with Crippen LogP contribution in [0.25, 0.3) is 0 Å². The van der Waals surface area contributed by atoms with E-state index in [2.05, 4.69) is 0 Å². The van der Waals surface area contributed by atoms with Crippen LogP contribution in [0.3, 0.4) is 0 Å². The number of fused-ring (bicyclic) bond motifs is 2. The van der Waals surface area contributed by atoms with Crippen LogP contribution in [0.1, 0.15) is 65.7 Å². The summed E-state index contributed by atoms with van der Waals surface area (Å²) >= 11 is 0. The minimum absolute atomic E-state index is 0.0173. The topological polar surface area (TPSA) is 90.4 Å². The maximum atomic E-state index is 14.6. The van der Waals surface area contributed by atoms with Crippen molar-refractivity contribution in [1.82, 2.24) is 14.7 Å². The molecule has 0 aromatic carbocycles. The second-order valence-corrected chi connectivity index (χ2v) is 11.8. The summed E-state index contributed by atoms with van der Waals surface area (Å²) in [4.78, 5) is 48.2. The van der Waals surface area contributed by atoms with Crippen molar-refractivity contribution in [2.24, 2.45) is 17.8 Å². The van der Waals surface area contributed by atoms with Crippen molar-refractivity contribution in [2.75, 3.05) is 26.7 Å². The third-order valence-electron chi connectivity index (χ3n) is 9.97. The lowest BCUT2D eigenvalue weighted by Crippen LogP contribution is -2.61. The molecular weight excluding hydrogens is 470 g/mol. The van der Waals surface area contributed by atoms with Gasteiger partial charge in [-0.05, 0) is 25.2 Å². The van der Waals surface area contributed by atoms with Gasteiger partial charge in [0.25, 0.3) is 0 Å². The van der Waals surface area contributed by atoms with Crippen LogP contribution in [-0.2, 0) is 19.1 Å². The minimum Gasteiger partial charge on any atom is -0.394 e. The molecule has 4 aliphatic heterocycles. The Balaban J connectivity index is 1.67. The zero-order valence-corrected chi connectivity index (χ0v) is 22.8. The number of aliphatic hydroxyl groups excluding tert-OH is 1. The number of likely N-dealkylation sites (tertiary alicyclic amines) is 1. The molecule has 5 aliphatic rings. The van der Waals surface area contributed by atoms with Gasteiger partial charge in [-0.25, -0.2) is 0 Å². The van der Waals surface area contributed by atoms with E-state index in [-0.39, 0.29) is 36.3 Å². The Morgan fingerprint density at radius 1 is 1.00 bits per heavy atom. The first-order valence-electron chi connectivity index (χ1n) is 14.3. The highest BCUT2D eigenvalue weighted by Gasteiger charge is 2.76. The van der Waals surface area contributed by atoms with E-state index in [1.165, 1.54) is 6.42 Å². The Labute approximate surface area is 220 Å². The zero-order chi connectivity index (χ0) is 26.5. The molecule has 1 unspecified atom stereocenters. The second kappa shape index (κ2) is 9.84. The number of carbonyl (C=O) groups is 3. The molecule has 3 fully saturated rings. The van der Waals surface area contributed by atoms with Gasteiger partial charge in [-0.2, -0.15) is 0 Å². The van der Waals surface area contributed by atoms with Crippen molar-refractivity contribution in [1.29, 1.82) is 0 Å². The first-order chi connectivity index (χ1) is 17.8. The van der Waals surface area contributed by atoms with E-state index in [0.29, 0.717) is 19.5 Å². The predicted octanol–water partition coefficient (Wildman–Crippen LogP) is 2.51. The molecule has 204 valence electrons. The summed E-state index contributed by atoms with van der Waals surface area (Å²) in [6.45, 7) is 6.71. The summed E-state index contributed by atoms with van der Waals surface area (Å²) in [7, 11) is 1.76. The molecule has 7 atom stereocenters. The van der Waals surface area contributed by atoms with E-state index < -0.39 is 35.1 Å². The molecule has 1 N–H and O–H groups in total. The summed E-state index contributed by atoms with van der Waals surface area (Å²) in [5.74, 6) is -2.04. The van der Waals surface area contributed by atoms with E-state index in [4.69, 9.17) is 4.74 Å². The van der Waals surface area contributed by atoms with Gasteiger partial charge < -0.3 is 24.5 Å². The van der Waals surface area contributed by atoms with Crippen molar-refractivity contribution >= 4 is 17.7 Å². The zero-order valence-electron chi connectivity index (χ0n) is 22.8. The van der Waals surface area contributed by atoms with Gasteiger partial charge in [0.2, 0.25) is 17.7 Å². The summed E-state index contributed by atoms with van der Waals surface area (Å²) in [6, 6.07) is -1.30. The van der Waals surface area contributed by atoms with Gasteiger partial charge >= 0.3 is 0 Å². The number of rotatable bonds is 6. The van der Waals surface area contributed by atoms with Gasteiger partial charge in [-0.3, -0.25) is 14.4 Å². The van der Waals surface area contributed by atoms with Crippen LogP contribution in [-0.4, -0.2) is 93.6 Å². The Hall–Kier alpha value is -2.19. The van der Waals surface area contributed by atoms with Crippen molar-refractivity contribution < 1.29 is 24.2 Å². The highest BCUT2D eigenvalue weighted by molar-refractivity contribution is 6.00. The molecule has 37 heavy (non-hydrogen) atoms. The van der Waals surface area contributed by atoms with Crippen LogP contribution in [0.5, 0.6) is 0 Å². The summed E-state index contributed by atoms with van der Waals surface area (Å²) in [5.41, 5.74) is -2.21. The molecular formula is C29H43N3O5. The highest BCUT2D eigenvalue weighted by atomic mass is 16.5. The van der Waals surface area contributed by atoms with Gasteiger partial charge in [0.15, 0.2) is 0 Å². The van der Waals surface area contributed by atoms with Crippen LogP contribution in [0.4, 0.5) is 0 Å². The van der Waals surface area contributed by atoms with Crippen molar-refractivity contribution in [3.05, 3.63) is 24.3 Å². The van der Waals surface area contributed by atoms with Crippen LogP contribution in [0.15, 0.2) is 24.3 Å². The fraction of sp³-hybridized carbons (Fsp3) is 0.759. The monoisotopic (exact) mass is 513 g/mol. The number of carbonyl (C=O) groups excluding carboxylic acids is 3. The van der Waals surface area contributed by atoms with E-state index in [1.807, 2.05) is 50.0 Å². The van der Waals surface area contributed by atoms with Crippen LogP contribution in [0, 0.1) is 17.8 Å². The molecule has 0 aromatic rings. The maximum Gasteiger partial charge on any atom is 0.249 e. The normalized spacial score (nSPS) is 37.8.